The zero-order valence-corrected chi connectivity index (χ0v) is 13.9. The second kappa shape index (κ2) is 8.22. The van der Waals surface area contributed by atoms with E-state index in [1.54, 1.807) is 0 Å². The summed E-state index contributed by atoms with van der Waals surface area (Å²) in [7, 11) is 0. The van der Waals surface area contributed by atoms with Gasteiger partial charge in [0, 0.05) is 32.7 Å². The molecular weight excluding hydrogens is 292 g/mol. The van der Waals surface area contributed by atoms with Crippen molar-refractivity contribution < 1.29 is 14.6 Å². The largest absolute Gasteiger partial charge is 0.390 e. The van der Waals surface area contributed by atoms with Crippen LogP contribution in [-0.4, -0.2) is 79.7 Å². The fourth-order valence-electron chi connectivity index (χ4n) is 3.47. The molecule has 1 N–H and O–H groups in total. The quantitative estimate of drug-likeness (QED) is 0.881. The minimum Gasteiger partial charge on any atom is -0.390 e. The predicted octanol–water partition coefficient (Wildman–Crippen LogP) is 1.14. The second-order valence-corrected chi connectivity index (χ2v) is 6.59. The van der Waals surface area contributed by atoms with Crippen LogP contribution in [0.2, 0.25) is 0 Å². The smallest absolute Gasteiger partial charge is 0.0794 e. The summed E-state index contributed by atoms with van der Waals surface area (Å²) in [6.45, 7) is 8.43. The number of morpholine rings is 2. The van der Waals surface area contributed by atoms with Crippen molar-refractivity contribution in [2.24, 2.45) is 0 Å². The predicted molar refractivity (Wildman–Crippen MR) is 89.4 cm³/mol. The molecule has 0 amide bonds. The highest BCUT2D eigenvalue weighted by molar-refractivity contribution is 5.19. The van der Waals surface area contributed by atoms with Crippen molar-refractivity contribution in [1.82, 2.24) is 9.80 Å². The van der Waals surface area contributed by atoms with Gasteiger partial charge in [-0.15, -0.1) is 0 Å². The van der Waals surface area contributed by atoms with Crippen LogP contribution in [0.1, 0.15) is 18.5 Å². The zero-order valence-electron chi connectivity index (χ0n) is 13.9. The van der Waals surface area contributed by atoms with Crippen molar-refractivity contribution in [3.8, 4) is 0 Å². The van der Waals surface area contributed by atoms with Gasteiger partial charge in [-0.1, -0.05) is 30.3 Å². The summed E-state index contributed by atoms with van der Waals surface area (Å²) in [6.07, 6.45) is -0.129. The Morgan fingerprint density at radius 3 is 2.65 bits per heavy atom. The first-order valence-corrected chi connectivity index (χ1v) is 8.61. The molecule has 0 bridgehead atoms. The van der Waals surface area contributed by atoms with Gasteiger partial charge >= 0.3 is 0 Å². The molecule has 0 radical (unpaired) electrons. The van der Waals surface area contributed by atoms with E-state index in [0.717, 1.165) is 39.4 Å². The van der Waals surface area contributed by atoms with Gasteiger partial charge < -0.3 is 14.6 Å². The lowest BCUT2D eigenvalue weighted by Crippen LogP contribution is -2.49. The van der Waals surface area contributed by atoms with Gasteiger partial charge in [-0.3, -0.25) is 9.80 Å². The molecule has 2 aliphatic heterocycles. The molecule has 3 atom stereocenters. The number of benzene rings is 1. The van der Waals surface area contributed by atoms with E-state index in [1.165, 1.54) is 5.56 Å². The van der Waals surface area contributed by atoms with Crippen LogP contribution in [0.15, 0.2) is 30.3 Å². The standard InChI is InChI=1S/C18H28N2O3/c1-15-11-20(13-17(21)12-19-7-9-22-10-8-19)18(14-23-15)16-5-3-2-4-6-16/h2-6,15,17-18,21H,7-14H2,1H3. The Hall–Kier alpha value is -0.980. The number of ether oxygens (including phenoxy) is 2. The molecule has 2 saturated heterocycles. The van der Waals surface area contributed by atoms with Crippen LogP contribution in [-0.2, 0) is 9.47 Å². The Labute approximate surface area is 138 Å². The van der Waals surface area contributed by atoms with Gasteiger partial charge in [-0.25, -0.2) is 0 Å². The normalized spacial score (nSPS) is 28.6. The molecule has 5 nitrogen and oxygen atoms in total. The second-order valence-electron chi connectivity index (χ2n) is 6.59. The Morgan fingerprint density at radius 1 is 1.17 bits per heavy atom. The molecule has 3 unspecified atom stereocenters. The van der Waals surface area contributed by atoms with Gasteiger partial charge in [0.15, 0.2) is 0 Å². The summed E-state index contributed by atoms with van der Waals surface area (Å²) in [4.78, 5) is 4.66. The average Bonchev–Trinajstić information content (AvgIpc) is 2.56. The Kier molecular flexibility index (Phi) is 6.02. The van der Waals surface area contributed by atoms with E-state index in [-0.39, 0.29) is 18.2 Å². The topological polar surface area (TPSA) is 45.2 Å². The molecule has 3 rings (SSSR count). The van der Waals surface area contributed by atoms with E-state index < -0.39 is 0 Å². The Morgan fingerprint density at radius 2 is 1.91 bits per heavy atom. The van der Waals surface area contributed by atoms with Gasteiger partial charge in [-0.2, -0.15) is 0 Å². The van der Waals surface area contributed by atoms with E-state index in [4.69, 9.17) is 9.47 Å². The molecule has 1 aromatic carbocycles. The van der Waals surface area contributed by atoms with Gasteiger partial charge in [0.25, 0.3) is 0 Å². The number of rotatable bonds is 5. The molecule has 128 valence electrons. The summed E-state index contributed by atoms with van der Waals surface area (Å²) >= 11 is 0. The number of nitrogens with zero attached hydrogens (tertiary/aromatic N) is 2. The lowest BCUT2D eigenvalue weighted by Gasteiger charge is -2.40. The molecular formula is C18H28N2O3. The first-order valence-electron chi connectivity index (χ1n) is 8.61. The lowest BCUT2D eigenvalue weighted by molar-refractivity contribution is -0.0729. The molecule has 5 heteroatoms. The highest BCUT2D eigenvalue weighted by Gasteiger charge is 2.29. The summed E-state index contributed by atoms with van der Waals surface area (Å²) < 4.78 is 11.2. The highest BCUT2D eigenvalue weighted by atomic mass is 16.5. The lowest BCUT2D eigenvalue weighted by atomic mass is 10.0. The minimum atomic E-state index is -0.343. The summed E-state index contributed by atoms with van der Waals surface area (Å²) in [5, 5.41) is 10.5. The zero-order chi connectivity index (χ0) is 16.1. The molecule has 0 saturated carbocycles. The molecule has 0 aliphatic carbocycles. The molecule has 23 heavy (non-hydrogen) atoms. The van der Waals surface area contributed by atoms with E-state index in [0.29, 0.717) is 13.2 Å². The number of aliphatic hydroxyl groups excluding tert-OH is 1. The molecule has 2 heterocycles. The van der Waals surface area contributed by atoms with E-state index in [2.05, 4.69) is 41.0 Å². The number of hydrogen-bond acceptors (Lipinski definition) is 5. The third kappa shape index (κ3) is 4.75. The fourth-order valence-corrected chi connectivity index (χ4v) is 3.47. The van der Waals surface area contributed by atoms with E-state index in [9.17, 15) is 5.11 Å². The summed E-state index contributed by atoms with van der Waals surface area (Å²) in [6, 6.07) is 10.7. The van der Waals surface area contributed by atoms with Crippen LogP contribution in [0.25, 0.3) is 0 Å². The van der Waals surface area contributed by atoms with Crippen molar-refractivity contribution in [2.45, 2.75) is 25.2 Å². The molecule has 0 aromatic heterocycles. The molecule has 1 aromatic rings. The maximum Gasteiger partial charge on any atom is 0.0794 e. The van der Waals surface area contributed by atoms with Crippen molar-refractivity contribution in [3.05, 3.63) is 35.9 Å². The monoisotopic (exact) mass is 320 g/mol. The molecule has 2 fully saturated rings. The average molecular weight is 320 g/mol. The van der Waals surface area contributed by atoms with Crippen LogP contribution in [0, 0.1) is 0 Å². The van der Waals surface area contributed by atoms with Crippen LogP contribution < -0.4 is 0 Å². The maximum absolute atomic E-state index is 10.5. The van der Waals surface area contributed by atoms with Gasteiger partial charge in [-0.05, 0) is 12.5 Å². The van der Waals surface area contributed by atoms with Crippen molar-refractivity contribution >= 4 is 0 Å². The molecule has 2 aliphatic rings. The third-order valence-electron chi connectivity index (χ3n) is 4.67. The highest BCUT2D eigenvalue weighted by Crippen LogP contribution is 2.26. The van der Waals surface area contributed by atoms with Gasteiger partial charge in [0.05, 0.1) is 38.1 Å². The van der Waals surface area contributed by atoms with Crippen molar-refractivity contribution in [1.29, 1.82) is 0 Å². The van der Waals surface area contributed by atoms with Crippen molar-refractivity contribution in [2.75, 3.05) is 52.5 Å². The summed E-state index contributed by atoms with van der Waals surface area (Å²) in [5.41, 5.74) is 1.26. The third-order valence-corrected chi connectivity index (χ3v) is 4.67. The first kappa shape index (κ1) is 16.9. The van der Waals surface area contributed by atoms with Crippen LogP contribution in [0.3, 0.4) is 0 Å². The first-order chi connectivity index (χ1) is 11.2. The van der Waals surface area contributed by atoms with Crippen LogP contribution in [0.5, 0.6) is 0 Å². The van der Waals surface area contributed by atoms with E-state index >= 15 is 0 Å². The van der Waals surface area contributed by atoms with Gasteiger partial charge in [0.1, 0.15) is 0 Å². The Bertz CT molecular complexity index is 465. The number of β-amino-alcohol motifs (C(OH)–C–C–N with tert-alkyl or cyclic N) is 1. The molecule has 0 spiro atoms. The number of aliphatic hydroxyl groups is 1. The van der Waals surface area contributed by atoms with Gasteiger partial charge in [0.2, 0.25) is 0 Å². The summed E-state index contributed by atoms with van der Waals surface area (Å²) in [5.74, 6) is 0. The SMILES string of the molecule is CC1CN(CC(O)CN2CCOCC2)C(c2ccccc2)CO1. The van der Waals surface area contributed by atoms with E-state index in [1.807, 2.05) is 6.07 Å². The minimum absolute atomic E-state index is 0.213. The van der Waals surface area contributed by atoms with Crippen LogP contribution in [0.4, 0.5) is 0 Å². The Balaban J connectivity index is 1.60. The number of hydrogen-bond donors (Lipinski definition) is 1. The fraction of sp³-hybridized carbons (Fsp3) is 0.667. The van der Waals surface area contributed by atoms with Crippen LogP contribution >= 0.6 is 0 Å². The maximum atomic E-state index is 10.5. The van der Waals surface area contributed by atoms with Crippen molar-refractivity contribution in [3.63, 3.8) is 0 Å².